The number of hydrogen-bond acceptors (Lipinski definition) is 6. The maximum Gasteiger partial charge on any atom is 0.257 e. The summed E-state index contributed by atoms with van der Waals surface area (Å²) in [6.45, 7) is 4.80. The van der Waals surface area contributed by atoms with Crippen molar-refractivity contribution in [3.05, 3.63) is 63.6 Å². The number of rotatable bonds is 8. The number of halogens is 2. The number of aromatic nitrogens is 2. The molecule has 0 aliphatic rings. The zero-order valence-corrected chi connectivity index (χ0v) is 19.0. The lowest BCUT2D eigenvalue weighted by Gasteiger charge is -2.09. The van der Waals surface area contributed by atoms with Crippen molar-refractivity contribution in [2.75, 3.05) is 11.9 Å². The summed E-state index contributed by atoms with van der Waals surface area (Å²) in [4.78, 5) is 12.4. The van der Waals surface area contributed by atoms with E-state index in [2.05, 4.69) is 29.4 Å². The number of nitrogens with one attached hydrogen (secondary N) is 1. The van der Waals surface area contributed by atoms with E-state index in [1.54, 1.807) is 36.4 Å². The van der Waals surface area contributed by atoms with Crippen LogP contribution in [0.25, 0.3) is 0 Å². The van der Waals surface area contributed by atoms with Crippen LogP contribution >= 0.6 is 46.3 Å². The summed E-state index contributed by atoms with van der Waals surface area (Å²) in [6.07, 6.45) is 0. The van der Waals surface area contributed by atoms with E-state index in [4.69, 9.17) is 27.9 Å². The lowest BCUT2D eigenvalue weighted by Crippen LogP contribution is -2.11. The fraction of sp³-hybridized carbons (Fsp3) is 0.250. The van der Waals surface area contributed by atoms with Gasteiger partial charge in [-0.2, -0.15) is 0 Å². The second kappa shape index (κ2) is 10.3. The van der Waals surface area contributed by atoms with Crippen LogP contribution < -0.4 is 10.1 Å². The summed E-state index contributed by atoms with van der Waals surface area (Å²) in [5.41, 5.74) is 1.49. The van der Waals surface area contributed by atoms with Gasteiger partial charge in [-0.15, -0.1) is 10.2 Å². The monoisotopic (exact) mass is 467 g/mol. The molecule has 0 saturated carbocycles. The van der Waals surface area contributed by atoms with Gasteiger partial charge in [0.05, 0.1) is 6.61 Å². The van der Waals surface area contributed by atoms with Gasteiger partial charge < -0.3 is 4.74 Å². The van der Waals surface area contributed by atoms with Crippen LogP contribution in [-0.4, -0.2) is 22.7 Å². The minimum atomic E-state index is -0.242. The van der Waals surface area contributed by atoms with Crippen LogP contribution in [-0.2, 0) is 5.75 Å². The zero-order valence-electron chi connectivity index (χ0n) is 15.8. The van der Waals surface area contributed by atoms with Crippen LogP contribution in [0.15, 0.2) is 46.8 Å². The van der Waals surface area contributed by atoms with Crippen molar-refractivity contribution in [2.24, 2.45) is 5.92 Å². The molecule has 0 spiro atoms. The lowest BCUT2D eigenvalue weighted by molar-refractivity contribution is 0.102. The first kappa shape index (κ1) is 21.9. The van der Waals surface area contributed by atoms with Crippen molar-refractivity contribution in [2.45, 2.75) is 23.9 Å². The van der Waals surface area contributed by atoms with Crippen molar-refractivity contribution in [3.63, 3.8) is 0 Å². The van der Waals surface area contributed by atoms with Crippen molar-refractivity contribution in [3.8, 4) is 5.75 Å². The molecule has 1 N–H and O–H groups in total. The van der Waals surface area contributed by atoms with Gasteiger partial charge in [0.15, 0.2) is 4.34 Å². The fourth-order valence-electron chi connectivity index (χ4n) is 2.23. The smallest absolute Gasteiger partial charge is 0.257 e. The predicted octanol–water partition coefficient (Wildman–Crippen LogP) is 6.42. The van der Waals surface area contributed by atoms with Gasteiger partial charge in [-0.3, -0.25) is 10.1 Å². The third-order valence-corrected chi connectivity index (χ3v) is 6.30. The summed E-state index contributed by atoms with van der Waals surface area (Å²) in [5.74, 6) is 1.58. The largest absolute Gasteiger partial charge is 0.493 e. The van der Waals surface area contributed by atoms with Crippen LogP contribution in [0.1, 0.15) is 29.8 Å². The number of carbonyl (C=O) groups excluding carboxylic acids is 1. The van der Waals surface area contributed by atoms with Gasteiger partial charge in [-0.1, -0.05) is 66.2 Å². The van der Waals surface area contributed by atoms with E-state index >= 15 is 0 Å². The van der Waals surface area contributed by atoms with Crippen molar-refractivity contribution < 1.29 is 9.53 Å². The molecule has 0 atom stereocenters. The summed E-state index contributed by atoms with van der Waals surface area (Å²) >= 11 is 14.9. The molecular weight excluding hydrogens is 449 g/mol. The van der Waals surface area contributed by atoms with E-state index in [9.17, 15) is 4.79 Å². The molecule has 9 heteroatoms. The molecule has 2 aromatic carbocycles. The second-order valence-electron chi connectivity index (χ2n) is 6.58. The highest BCUT2D eigenvalue weighted by Gasteiger charge is 2.12. The number of nitrogens with zero attached hydrogens (tertiary/aromatic N) is 2. The Morgan fingerprint density at radius 3 is 2.62 bits per heavy atom. The highest BCUT2D eigenvalue weighted by atomic mass is 35.5. The van der Waals surface area contributed by atoms with Gasteiger partial charge in [0.25, 0.3) is 5.91 Å². The third-order valence-electron chi connectivity index (χ3n) is 3.69. The molecule has 0 saturated heterocycles. The summed E-state index contributed by atoms with van der Waals surface area (Å²) in [6, 6.07) is 12.4. The normalized spacial score (nSPS) is 10.9. The first-order valence-corrected chi connectivity index (χ1v) is 11.4. The number of thioether (sulfide) groups is 1. The van der Waals surface area contributed by atoms with E-state index in [1.165, 1.54) is 23.1 Å². The molecule has 5 nitrogen and oxygen atoms in total. The van der Waals surface area contributed by atoms with E-state index in [1.807, 2.05) is 6.07 Å². The molecule has 0 aliphatic heterocycles. The lowest BCUT2D eigenvalue weighted by atomic mass is 10.2. The Kier molecular flexibility index (Phi) is 7.77. The summed E-state index contributed by atoms with van der Waals surface area (Å²) in [7, 11) is 0. The minimum Gasteiger partial charge on any atom is -0.493 e. The zero-order chi connectivity index (χ0) is 20.8. The molecule has 29 heavy (non-hydrogen) atoms. The molecule has 1 heterocycles. The van der Waals surface area contributed by atoms with E-state index in [0.717, 1.165) is 15.7 Å². The Morgan fingerprint density at radius 1 is 1.17 bits per heavy atom. The van der Waals surface area contributed by atoms with Gasteiger partial charge in [0, 0.05) is 21.4 Å². The average Bonchev–Trinajstić information content (AvgIpc) is 3.13. The topological polar surface area (TPSA) is 64.1 Å². The highest BCUT2D eigenvalue weighted by Crippen LogP contribution is 2.31. The number of benzene rings is 2. The SMILES string of the molecule is CC(C)COc1ccc(C(=O)Nc2nnc(SCc3ccc(Cl)cc3Cl)s2)cc1. The predicted molar refractivity (Wildman–Crippen MR) is 121 cm³/mol. The van der Waals surface area contributed by atoms with Crippen LogP contribution in [0.5, 0.6) is 5.75 Å². The van der Waals surface area contributed by atoms with Gasteiger partial charge in [0.1, 0.15) is 5.75 Å². The Labute approximate surface area is 187 Å². The molecule has 0 fully saturated rings. The Hall–Kier alpha value is -1.80. The Morgan fingerprint density at radius 2 is 1.93 bits per heavy atom. The number of anilines is 1. The molecule has 1 aromatic heterocycles. The molecule has 1 amide bonds. The summed E-state index contributed by atoms with van der Waals surface area (Å²) in [5, 5.41) is 12.6. The molecule has 0 unspecified atom stereocenters. The van der Waals surface area contributed by atoms with E-state index in [-0.39, 0.29) is 5.91 Å². The van der Waals surface area contributed by atoms with Gasteiger partial charge in [-0.25, -0.2) is 0 Å². The maximum atomic E-state index is 12.4. The van der Waals surface area contributed by atoms with E-state index in [0.29, 0.717) is 39.0 Å². The number of hydrogen-bond donors (Lipinski definition) is 1. The quantitative estimate of drug-likeness (QED) is 0.305. The van der Waals surface area contributed by atoms with Crippen LogP contribution in [0.2, 0.25) is 10.0 Å². The maximum absolute atomic E-state index is 12.4. The molecular formula is C20H19Cl2N3O2S2. The molecule has 0 radical (unpaired) electrons. The average molecular weight is 468 g/mol. The third kappa shape index (κ3) is 6.60. The Balaban J connectivity index is 1.54. The Bertz CT molecular complexity index is 978. The standard InChI is InChI=1S/C20H19Cl2N3O2S2/c1-12(2)10-27-16-7-4-13(5-8-16)18(26)23-19-24-25-20(29-19)28-11-14-3-6-15(21)9-17(14)22/h3-9,12H,10-11H2,1-2H3,(H,23,24,26). The number of carbonyl (C=O) groups is 1. The van der Waals surface area contributed by atoms with Crippen molar-refractivity contribution >= 4 is 57.3 Å². The van der Waals surface area contributed by atoms with Gasteiger partial charge in [-0.05, 0) is 47.9 Å². The highest BCUT2D eigenvalue weighted by molar-refractivity contribution is 8.00. The second-order valence-corrected chi connectivity index (χ2v) is 9.62. The van der Waals surface area contributed by atoms with Crippen LogP contribution in [0, 0.1) is 5.92 Å². The van der Waals surface area contributed by atoms with Gasteiger partial charge >= 0.3 is 0 Å². The van der Waals surface area contributed by atoms with Gasteiger partial charge in [0.2, 0.25) is 5.13 Å². The summed E-state index contributed by atoms with van der Waals surface area (Å²) < 4.78 is 6.37. The molecule has 3 aromatic rings. The van der Waals surface area contributed by atoms with Crippen LogP contribution in [0.3, 0.4) is 0 Å². The van der Waals surface area contributed by atoms with Crippen LogP contribution in [0.4, 0.5) is 5.13 Å². The molecule has 0 aliphatic carbocycles. The first-order chi connectivity index (χ1) is 13.9. The minimum absolute atomic E-state index is 0.242. The van der Waals surface area contributed by atoms with Crippen molar-refractivity contribution in [1.82, 2.24) is 10.2 Å². The number of amides is 1. The molecule has 152 valence electrons. The van der Waals surface area contributed by atoms with E-state index < -0.39 is 0 Å². The number of ether oxygens (including phenoxy) is 1. The first-order valence-electron chi connectivity index (χ1n) is 8.85. The molecule has 0 bridgehead atoms. The molecule has 3 rings (SSSR count). The van der Waals surface area contributed by atoms with Crippen molar-refractivity contribution in [1.29, 1.82) is 0 Å². The fourth-order valence-corrected chi connectivity index (χ4v) is 4.54.